The molecule has 0 spiro atoms. The molecule has 26 heavy (non-hydrogen) atoms. The molecule has 152 valence electrons. The fourth-order valence-corrected chi connectivity index (χ4v) is 3.82. The molecule has 5 heteroatoms. The Morgan fingerprint density at radius 2 is 1.77 bits per heavy atom. The molecule has 6 N–H and O–H groups in total. The van der Waals surface area contributed by atoms with Crippen LogP contribution in [0.2, 0.25) is 0 Å². The van der Waals surface area contributed by atoms with Crippen LogP contribution in [0.1, 0.15) is 75.5 Å². The molecule has 0 amide bonds. The minimum Gasteiger partial charge on any atom is -0.412 e. The van der Waals surface area contributed by atoms with E-state index in [1.807, 2.05) is 0 Å². The van der Waals surface area contributed by atoms with Gasteiger partial charge in [0.1, 0.15) is 0 Å². The van der Waals surface area contributed by atoms with Crippen LogP contribution in [0.3, 0.4) is 0 Å². The minimum absolute atomic E-state index is 0. The minimum atomic E-state index is -1.46. The van der Waals surface area contributed by atoms with Gasteiger partial charge in [-0.3, -0.25) is 0 Å². The average molecular weight is 432 g/mol. The monoisotopic (exact) mass is 431 g/mol. The highest BCUT2D eigenvalue weighted by atomic mass is 79.9. The Bertz CT molecular complexity index is 520. The summed E-state index contributed by atoms with van der Waals surface area (Å²) in [4.78, 5) is 0. The molecule has 4 nitrogen and oxygen atoms in total. The fourth-order valence-electron chi connectivity index (χ4n) is 3.82. The van der Waals surface area contributed by atoms with Crippen molar-refractivity contribution in [3.05, 3.63) is 34.9 Å². The van der Waals surface area contributed by atoms with Crippen LogP contribution >= 0.6 is 17.0 Å². The van der Waals surface area contributed by atoms with Crippen molar-refractivity contribution >= 4 is 17.0 Å². The normalized spacial score (nSPS) is 18.5. The molecule has 0 saturated carbocycles. The number of rotatable bonds is 9. The van der Waals surface area contributed by atoms with E-state index in [1.165, 1.54) is 61.6 Å². The van der Waals surface area contributed by atoms with E-state index in [2.05, 4.69) is 25.1 Å². The molecule has 1 unspecified atom stereocenters. The summed E-state index contributed by atoms with van der Waals surface area (Å²) < 4.78 is 0. The third kappa shape index (κ3) is 6.93. The maximum atomic E-state index is 9.53. The number of benzene rings is 1. The van der Waals surface area contributed by atoms with Crippen LogP contribution in [0.15, 0.2) is 18.2 Å². The predicted molar refractivity (Wildman–Crippen MR) is 114 cm³/mol. The van der Waals surface area contributed by atoms with Crippen molar-refractivity contribution in [2.45, 2.75) is 89.9 Å². The lowest BCUT2D eigenvalue weighted by atomic mass is 9.73. The third-order valence-electron chi connectivity index (χ3n) is 5.75. The summed E-state index contributed by atoms with van der Waals surface area (Å²) in [6.07, 6.45) is 10.5. The molecule has 0 aliphatic heterocycles. The van der Waals surface area contributed by atoms with Crippen molar-refractivity contribution in [3.8, 4) is 0 Å². The first kappa shape index (κ1) is 25.5. The van der Waals surface area contributed by atoms with E-state index in [0.717, 1.165) is 19.3 Å². The van der Waals surface area contributed by atoms with Crippen molar-refractivity contribution in [1.82, 2.24) is 0 Å². The molecule has 0 fully saturated rings. The van der Waals surface area contributed by atoms with Crippen molar-refractivity contribution in [1.29, 1.82) is 0 Å². The number of hydrogen-bond donors (Lipinski definition) is 3. The van der Waals surface area contributed by atoms with Crippen LogP contribution < -0.4 is 5.73 Å². The summed E-state index contributed by atoms with van der Waals surface area (Å²) in [6, 6.07) is 6.84. The molecule has 2 atom stereocenters. The molecule has 2 rings (SSSR count). The maximum absolute atomic E-state index is 9.53. The van der Waals surface area contributed by atoms with Gasteiger partial charge < -0.3 is 21.4 Å². The molecule has 0 saturated heterocycles. The third-order valence-corrected chi connectivity index (χ3v) is 5.75. The van der Waals surface area contributed by atoms with E-state index < -0.39 is 11.8 Å². The standard InChI is InChI=1S/C21H35NO2.BrH.H2O/c1-3-4-5-6-7-8-9-16-10-11-18-15-19(13-12-17(18)14-16)21(2,22)20(23)24;;/h10-11,14,19-20,23-24H,3-9,12-13,15,22H2,1-2H3;1H;1H2/t19-,21?;;/m0../s1. The quantitative estimate of drug-likeness (QED) is 0.412. The van der Waals surface area contributed by atoms with E-state index in [-0.39, 0.29) is 28.4 Å². The van der Waals surface area contributed by atoms with Crippen LogP contribution in [0, 0.1) is 5.92 Å². The number of aliphatic hydroxyl groups is 2. The van der Waals surface area contributed by atoms with Gasteiger partial charge in [0.2, 0.25) is 0 Å². The van der Waals surface area contributed by atoms with Gasteiger partial charge in [-0.25, -0.2) is 0 Å². The van der Waals surface area contributed by atoms with E-state index in [4.69, 9.17) is 5.73 Å². The van der Waals surface area contributed by atoms with Crippen LogP contribution in [0.25, 0.3) is 0 Å². The number of unbranched alkanes of at least 4 members (excludes halogenated alkanes) is 5. The molecule has 1 aliphatic rings. The molecule has 0 bridgehead atoms. The second kappa shape index (κ2) is 12.1. The highest BCUT2D eigenvalue weighted by Gasteiger charge is 2.38. The van der Waals surface area contributed by atoms with Crippen LogP contribution in [0.4, 0.5) is 0 Å². The SMILES string of the molecule is Br.CCCCCCCCc1ccc2c(c1)CC[C@H](C(C)(N)C(O)O)C2.O. The Labute approximate surface area is 169 Å². The fraction of sp³-hybridized carbons (Fsp3) is 0.714. The first-order chi connectivity index (χ1) is 11.4. The van der Waals surface area contributed by atoms with Gasteiger partial charge in [-0.1, -0.05) is 57.2 Å². The summed E-state index contributed by atoms with van der Waals surface area (Å²) in [5.41, 5.74) is 9.40. The maximum Gasteiger partial charge on any atom is 0.169 e. The van der Waals surface area contributed by atoms with Crippen molar-refractivity contribution in [2.24, 2.45) is 11.7 Å². The molecule has 1 aromatic rings. The Balaban J connectivity index is 0.00000312. The summed E-state index contributed by atoms with van der Waals surface area (Å²) in [7, 11) is 0. The van der Waals surface area contributed by atoms with Crippen LogP contribution in [0.5, 0.6) is 0 Å². The van der Waals surface area contributed by atoms with Gasteiger partial charge in [0.25, 0.3) is 0 Å². The van der Waals surface area contributed by atoms with Gasteiger partial charge in [-0.15, -0.1) is 17.0 Å². The van der Waals surface area contributed by atoms with E-state index >= 15 is 0 Å². The van der Waals surface area contributed by atoms with Crippen molar-refractivity contribution in [2.75, 3.05) is 0 Å². The second-order valence-electron chi connectivity index (χ2n) is 7.80. The lowest BCUT2D eigenvalue weighted by molar-refractivity contribution is -0.110. The van der Waals surface area contributed by atoms with E-state index in [9.17, 15) is 10.2 Å². The van der Waals surface area contributed by atoms with Crippen molar-refractivity contribution < 1.29 is 15.7 Å². The highest BCUT2D eigenvalue weighted by molar-refractivity contribution is 8.93. The molecule has 0 radical (unpaired) electrons. The number of aryl methyl sites for hydroxylation is 2. The topological polar surface area (TPSA) is 98.0 Å². The van der Waals surface area contributed by atoms with Gasteiger partial charge in [0.15, 0.2) is 6.29 Å². The molecular weight excluding hydrogens is 394 g/mol. The van der Waals surface area contributed by atoms with Crippen molar-refractivity contribution in [3.63, 3.8) is 0 Å². The number of halogens is 1. The Kier molecular flexibility index (Phi) is 11.9. The Morgan fingerprint density at radius 3 is 2.42 bits per heavy atom. The molecule has 1 aromatic carbocycles. The second-order valence-corrected chi connectivity index (χ2v) is 7.80. The first-order valence-electron chi connectivity index (χ1n) is 9.70. The zero-order chi connectivity index (χ0) is 17.6. The average Bonchev–Trinajstić information content (AvgIpc) is 2.57. The first-order valence-corrected chi connectivity index (χ1v) is 9.70. The molecule has 0 heterocycles. The van der Waals surface area contributed by atoms with Crippen LogP contribution in [-0.2, 0) is 19.3 Å². The molecular formula is C21H38BrNO3. The smallest absolute Gasteiger partial charge is 0.169 e. The summed E-state index contributed by atoms with van der Waals surface area (Å²) >= 11 is 0. The van der Waals surface area contributed by atoms with Gasteiger partial charge in [0.05, 0.1) is 5.54 Å². The van der Waals surface area contributed by atoms with Crippen LogP contribution in [-0.4, -0.2) is 27.5 Å². The summed E-state index contributed by atoms with van der Waals surface area (Å²) in [5, 5.41) is 19.1. The van der Waals surface area contributed by atoms with Gasteiger partial charge in [0, 0.05) is 0 Å². The largest absolute Gasteiger partial charge is 0.412 e. The molecule has 0 aromatic heterocycles. The Hall–Kier alpha value is -0.460. The summed E-state index contributed by atoms with van der Waals surface area (Å²) in [6.45, 7) is 4.01. The number of aliphatic hydroxyl groups excluding tert-OH is 1. The Morgan fingerprint density at radius 1 is 1.12 bits per heavy atom. The lowest BCUT2D eigenvalue weighted by Crippen LogP contribution is -2.55. The van der Waals surface area contributed by atoms with Gasteiger partial charge >= 0.3 is 0 Å². The number of fused-ring (bicyclic) bond motifs is 1. The zero-order valence-corrected chi connectivity index (χ0v) is 18.1. The molecule has 1 aliphatic carbocycles. The predicted octanol–water partition coefficient (Wildman–Crippen LogP) is 3.48. The van der Waals surface area contributed by atoms with Gasteiger partial charge in [-0.2, -0.15) is 0 Å². The van der Waals surface area contributed by atoms with E-state index in [0.29, 0.717) is 0 Å². The van der Waals surface area contributed by atoms with E-state index in [1.54, 1.807) is 6.92 Å². The van der Waals surface area contributed by atoms with Gasteiger partial charge in [-0.05, 0) is 61.6 Å². The summed E-state index contributed by atoms with van der Waals surface area (Å²) in [5.74, 6) is 0.120. The lowest BCUT2D eigenvalue weighted by Gasteiger charge is -2.38. The highest BCUT2D eigenvalue weighted by Crippen LogP contribution is 2.33. The number of nitrogens with two attached hydrogens (primary N) is 1. The number of hydrogen-bond acceptors (Lipinski definition) is 3. The zero-order valence-electron chi connectivity index (χ0n) is 16.3.